The quantitative estimate of drug-likeness (QED) is 0.600. The van der Waals surface area contributed by atoms with Crippen molar-refractivity contribution >= 4 is 5.96 Å². The van der Waals surface area contributed by atoms with E-state index < -0.39 is 0 Å². The van der Waals surface area contributed by atoms with Crippen molar-refractivity contribution in [1.29, 1.82) is 0 Å². The molecule has 0 atom stereocenters. The van der Waals surface area contributed by atoms with Gasteiger partial charge in [-0.05, 0) is 18.8 Å². The van der Waals surface area contributed by atoms with Gasteiger partial charge in [0.05, 0.1) is 0 Å². The van der Waals surface area contributed by atoms with Crippen LogP contribution in [0.1, 0.15) is 50.7 Å². The van der Waals surface area contributed by atoms with E-state index >= 15 is 0 Å². The SMILES string of the molecule is CC(C)c1noc(CCNC(N)=NCC2CCC2)n1. The predicted molar refractivity (Wildman–Crippen MR) is 73.9 cm³/mol. The zero-order valence-corrected chi connectivity index (χ0v) is 11.7. The maximum absolute atomic E-state index is 5.79. The Morgan fingerprint density at radius 2 is 2.32 bits per heavy atom. The molecule has 0 radical (unpaired) electrons. The second kappa shape index (κ2) is 6.54. The second-order valence-corrected chi connectivity index (χ2v) is 5.40. The largest absolute Gasteiger partial charge is 0.370 e. The molecular weight excluding hydrogens is 242 g/mol. The third kappa shape index (κ3) is 4.22. The molecule has 19 heavy (non-hydrogen) atoms. The zero-order valence-electron chi connectivity index (χ0n) is 11.7. The maximum Gasteiger partial charge on any atom is 0.228 e. The van der Waals surface area contributed by atoms with Crippen molar-refractivity contribution in [2.24, 2.45) is 16.6 Å². The molecule has 0 bridgehead atoms. The van der Waals surface area contributed by atoms with Crippen molar-refractivity contribution in [2.45, 2.75) is 45.4 Å². The molecule has 0 spiro atoms. The highest BCUT2D eigenvalue weighted by molar-refractivity contribution is 5.77. The van der Waals surface area contributed by atoms with Crippen LogP contribution in [-0.4, -0.2) is 29.2 Å². The minimum Gasteiger partial charge on any atom is -0.370 e. The van der Waals surface area contributed by atoms with Crippen LogP contribution in [-0.2, 0) is 6.42 Å². The summed E-state index contributed by atoms with van der Waals surface area (Å²) in [6, 6.07) is 0. The number of nitrogens with one attached hydrogen (secondary N) is 1. The van der Waals surface area contributed by atoms with Gasteiger partial charge in [0.15, 0.2) is 11.8 Å². The first-order valence-electron chi connectivity index (χ1n) is 7.01. The van der Waals surface area contributed by atoms with Crippen LogP contribution >= 0.6 is 0 Å². The molecule has 1 fully saturated rings. The third-order valence-electron chi connectivity index (χ3n) is 3.39. The molecular formula is C13H23N5O. The fourth-order valence-corrected chi connectivity index (χ4v) is 1.86. The fourth-order valence-electron chi connectivity index (χ4n) is 1.86. The molecule has 1 aliphatic carbocycles. The summed E-state index contributed by atoms with van der Waals surface area (Å²) in [4.78, 5) is 8.63. The normalized spacial score (nSPS) is 16.7. The van der Waals surface area contributed by atoms with E-state index in [2.05, 4.69) is 20.4 Å². The van der Waals surface area contributed by atoms with Crippen molar-refractivity contribution in [3.8, 4) is 0 Å². The lowest BCUT2D eigenvalue weighted by Gasteiger charge is -2.23. The Kier molecular flexibility index (Phi) is 4.76. The number of nitrogens with zero attached hydrogens (tertiary/aromatic N) is 3. The summed E-state index contributed by atoms with van der Waals surface area (Å²) in [5, 5.41) is 6.99. The van der Waals surface area contributed by atoms with E-state index in [0.29, 0.717) is 30.7 Å². The van der Waals surface area contributed by atoms with E-state index in [0.717, 1.165) is 18.3 Å². The lowest BCUT2D eigenvalue weighted by atomic mass is 9.86. The molecule has 0 saturated heterocycles. The van der Waals surface area contributed by atoms with Crippen LogP contribution in [0.3, 0.4) is 0 Å². The maximum atomic E-state index is 5.79. The van der Waals surface area contributed by atoms with E-state index in [1.54, 1.807) is 0 Å². The Bertz CT molecular complexity index is 422. The molecule has 1 heterocycles. The topological polar surface area (TPSA) is 89.3 Å². The molecule has 106 valence electrons. The van der Waals surface area contributed by atoms with Crippen molar-refractivity contribution in [2.75, 3.05) is 13.1 Å². The van der Waals surface area contributed by atoms with E-state index in [4.69, 9.17) is 10.3 Å². The van der Waals surface area contributed by atoms with Gasteiger partial charge in [-0.1, -0.05) is 25.4 Å². The molecule has 1 aliphatic rings. The Labute approximate surface area is 113 Å². The number of aliphatic imine (C=N–C) groups is 1. The standard InChI is InChI=1S/C13H23N5O/c1-9(2)12-17-11(19-18-12)6-7-15-13(14)16-8-10-4-3-5-10/h9-10H,3-8H2,1-2H3,(H3,14,15,16). The Morgan fingerprint density at radius 3 is 2.89 bits per heavy atom. The summed E-state index contributed by atoms with van der Waals surface area (Å²) >= 11 is 0. The van der Waals surface area contributed by atoms with Crippen molar-refractivity contribution < 1.29 is 4.52 Å². The molecule has 1 saturated carbocycles. The summed E-state index contributed by atoms with van der Waals surface area (Å²) in [5.41, 5.74) is 5.79. The van der Waals surface area contributed by atoms with E-state index in [1.165, 1.54) is 19.3 Å². The summed E-state index contributed by atoms with van der Waals surface area (Å²) in [7, 11) is 0. The highest BCUT2D eigenvalue weighted by atomic mass is 16.5. The van der Waals surface area contributed by atoms with Gasteiger partial charge in [-0.15, -0.1) is 0 Å². The van der Waals surface area contributed by atoms with Gasteiger partial charge in [-0.3, -0.25) is 4.99 Å². The molecule has 1 aromatic heterocycles. The molecule has 6 heteroatoms. The third-order valence-corrected chi connectivity index (χ3v) is 3.39. The van der Waals surface area contributed by atoms with E-state index in [-0.39, 0.29) is 0 Å². The number of hydrogen-bond acceptors (Lipinski definition) is 4. The van der Waals surface area contributed by atoms with Crippen molar-refractivity contribution in [3.63, 3.8) is 0 Å². The molecule has 0 unspecified atom stereocenters. The first-order chi connectivity index (χ1) is 9.15. The molecule has 2 rings (SSSR count). The highest BCUT2D eigenvalue weighted by Gasteiger charge is 2.16. The summed E-state index contributed by atoms with van der Waals surface area (Å²) in [6.45, 7) is 5.59. The number of aromatic nitrogens is 2. The first-order valence-corrected chi connectivity index (χ1v) is 7.01. The lowest BCUT2D eigenvalue weighted by Crippen LogP contribution is -2.34. The van der Waals surface area contributed by atoms with Gasteiger partial charge in [0.2, 0.25) is 5.89 Å². The van der Waals surface area contributed by atoms with Crippen LogP contribution in [0.15, 0.2) is 9.52 Å². The van der Waals surface area contributed by atoms with Gasteiger partial charge in [0, 0.05) is 25.4 Å². The average molecular weight is 265 g/mol. The van der Waals surface area contributed by atoms with Crippen LogP contribution in [0.2, 0.25) is 0 Å². The number of rotatable bonds is 6. The van der Waals surface area contributed by atoms with Gasteiger partial charge < -0.3 is 15.6 Å². The predicted octanol–water partition coefficient (Wildman–Crippen LogP) is 1.44. The van der Waals surface area contributed by atoms with Crippen LogP contribution in [0.25, 0.3) is 0 Å². The Morgan fingerprint density at radius 1 is 1.53 bits per heavy atom. The summed E-state index contributed by atoms with van der Waals surface area (Å²) in [6.07, 6.45) is 4.58. The Balaban J connectivity index is 1.67. The lowest BCUT2D eigenvalue weighted by molar-refractivity contribution is 0.326. The van der Waals surface area contributed by atoms with E-state index in [1.807, 2.05) is 13.8 Å². The number of guanidine groups is 1. The van der Waals surface area contributed by atoms with Crippen molar-refractivity contribution in [1.82, 2.24) is 15.5 Å². The zero-order chi connectivity index (χ0) is 13.7. The minimum atomic E-state index is 0.291. The number of nitrogens with two attached hydrogens (primary N) is 1. The minimum absolute atomic E-state index is 0.291. The fraction of sp³-hybridized carbons (Fsp3) is 0.769. The first kappa shape index (κ1) is 13.8. The van der Waals surface area contributed by atoms with E-state index in [9.17, 15) is 0 Å². The van der Waals surface area contributed by atoms with Crippen LogP contribution in [0.5, 0.6) is 0 Å². The monoisotopic (exact) mass is 265 g/mol. The van der Waals surface area contributed by atoms with Crippen LogP contribution in [0.4, 0.5) is 0 Å². The van der Waals surface area contributed by atoms with Crippen LogP contribution in [0, 0.1) is 5.92 Å². The highest BCUT2D eigenvalue weighted by Crippen LogP contribution is 2.26. The number of hydrogen-bond donors (Lipinski definition) is 2. The second-order valence-electron chi connectivity index (χ2n) is 5.40. The smallest absolute Gasteiger partial charge is 0.228 e. The molecule has 0 aromatic carbocycles. The van der Waals surface area contributed by atoms with Gasteiger partial charge in [-0.2, -0.15) is 4.98 Å². The average Bonchev–Trinajstić information content (AvgIpc) is 2.76. The van der Waals surface area contributed by atoms with Gasteiger partial charge in [-0.25, -0.2) is 0 Å². The van der Waals surface area contributed by atoms with Crippen LogP contribution < -0.4 is 11.1 Å². The summed E-state index contributed by atoms with van der Waals surface area (Å²) in [5.74, 6) is 2.93. The molecule has 1 aromatic rings. The van der Waals surface area contributed by atoms with Gasteiger partial charge >= 0.3 is 0 Å². The molecule has 0 amide bonds. The van der Waals surface area contributed by atoms with Crippen molar-refractivity contribution in [3.05, 3.63) is 11.7 Å². The molecule has 3 N–H and O–H groups in total. The summed E-state index contributed by atoms with van der Waals surface area (Å²) < 4.78 is 5.15. The van der Waals surface area contributed by atoms with Gasteiger partial charge in [0.25, 0.3) is 0 Å². The Hall–Kier alpha value is -1.59. The van der Waals surface area contributed by atoms with Gasteiger partial charge in [0.1, 0.15) is 0 Å². The molecule has 0 aliphatic heterocycles. The molecule has 6 nitrogen and oxygen atoms in total.